The molecule has 1 aromatic heterocycles. The highest BCUT2D eigenvalue weighted by Gasteiger charge is 2.22. The first-order valence-electron chi connectivity index (χ1n) is 8.46. The van der Waals surface area contributed by atoms with Gasteiger partial charge in [0.05, 0.1) is 0 Å². The van der Waals surface area contributed by atoms with E-state index in [0.29, 0.717) is 6.04 Å². The molecule has 1 atom stereocenters. The normalized spacial score (nSPS) is 19.7. The molecule has 2 heterocycles. The number of aryl methyl sites for hydroxylation is 2. The maximum absolute atomic E-state index is 12.9. The van der Waals surface area contributed by atoms with Gasteiger partial charge in [-0.15, -0.1) is 0 Å². The van der Waals surface area contributed by atoms with Gasteiger partial charge < -0.3 is 4.98 Å². The third kappa shape index (κ3) is 2.82. The predicted molar refractivity (Wildman–Crippen MR) is 92.4 cm³/mol. The van der Waals surface area contributed by atoms with E-state index < -0.39 is 0 Å². The molecule has 1 aliphatic heterocycles. The Labute approximate surface area is 132 Å². The minimum absolute atomic E-state index is 0.204. The minimum atomic E-state index is 0.204. The lowest BCUT2D eigenvalue weighted by Gasteiger charge is -2.35. The Bertz CT molecular complexity index is 732. The molecule has 3 rings (SSSR count). The first-order valence-corrected chi connectivity index (χ1v) is 8.46. The SMILES string of the molecule is CC[C@@H]1CCCCN1Cc1c(C)[nH]c2ccc(C)cc2c1=O. The van der Waals surface area contributed by atoms with Gasteiger partial charge in [-0.3, -0.25) is 9.69 Å². The Morgan fingerprint density at radius 2 is 2.09 bits per heavy atom. The summed E-state index contributed by atoms with van der Waals surface area (Å²) in [5.41, 5.74) is 4.25. The van der Waals surface area contributed by atoms with E-state index in [9.17, 15) is 4.79 Å². The van der Waals surface area contributed by atoms with Gasteiger partial charge in [0, 0.05) is 34.7 Å². The number of nitrogens with one attached hydrogen (secondary N) is 1. The van der Waals surface area contributed by atoms with Crippen molar-refractivity contribution >= 4 is 10.9 Å². The number of aromatic amines is 1. The van der Waals surface area contributed by atoms with Crippen molar-refractivity contribution in [3.63, 3.8) is 0 Å². The fourth-order valence-electron chi connectivity index (χ4n) is 3.69. The third-order valence-corrected chi connectivity index (χ3v) is 5.05. The molecular weight excluding hydrogens is 272 g/mol. The second-order valence-electron chi connectivity index (χ2n) is 6.64. The number of fused-ring (bicyclic) bond motifs is 1. The molecule has 22 heavy (non-hydrogen) atoms. The number of hydrogen-bond acceptors (Lipinski definition) is 2. The Morgan fingerprint density at radius 1 is 1.27 bits per heavy atom. The van der Waals surface area contributed by atoms with Crippen LogP contribution in [0.15, 0.2) is 23.0 Å². The molecule has 0 unspecified atom stereocenters. The molecule has 0 spiro atoms. The molecule has 0 amide bonds. The standard InChI is InChI=1S/C19H26N2O/c1-4-15-7-5-6-10-21(15)12-17-14(3)20-18-9-8-13(2)11-16(18)19(17)22/h8-9,11,15H,4-7,10,12H2,1-3H3,(H,20,22)/t15-/m1/s1. The van der Waals surface area contributed by atoms with Crippen LogP contribution in [0, 0.1) is 13.8 Å². The van der Waals surface area contributed by atoms with E-state index in [1.807, 2.05) is 26.0 Å². The molecule has 0 aliphatic carbocycles. The number of nitrogens with zero attached hydrogens (tertiary/aromatic N) is 1. The van der Waals surface area contributed by atoms with Gasteiger partial charge in [0.15, 0.2) is 5.43 Å². The van der Waals surface area contributed by atoms with Gasteiger partial charge in [0.2, 0.25) is 0 Å². The van der Waals surface area contributed by atoms with Crippen molar-refractivity contribution in [3.8, 4) is 0 Å². The summed E-state index contributed by atoms with van der Waals surface area (Å²) in [4.78, 5) is 18.8. The second-order valence-corrected chi connectivity index (χ2v) is 6.64. The maximum Gasteiger partial charge on any atom is 0.194 e. The van der Waals surface area contributed by atoms with E-state index in [1.54, 1.807) is 0 Å². The summed E-state index contributed by atoms with van der Waals surface area (Å²) >= 11 is 0. The molecule has 1 fully saturated rings. The molecule has 3 heteroatoms. The first kappa shape index (κ1) is 15.3. The van der Waals surface area contributed by atoms with E-state index in [0.717, 1.165) is 40.8 Å². The van der Waals surface area contributed by atoms with E-state index in [1.165, 1.54) is 25.7 Å². The number of H-pyrrole nitrogens is 1. The molecule has 0 bridgehead atoms. The summed E-state index contributed by atoms with van der Waals surface area (Å²) in [5.74, 6) is 0. The number of pyridine rings is 1. The molecule has 1 aromatic carbocycles. The quantitative estimate of drug-likeness (QED) is 0.932. The number of hydrogen-bond donors (Lipinski definition) is 1. The summed E-state index contributed by atoms with van der Waals surface area (Å²) in [7, 11) is 0. The van der Waals surface area contributed by atoms with Crippen molar-refractivity contribution < 1.29 is 0 Å². The third-order valence-electron chi connectivity index (χ3n) is 5.05. The second kappa shape index (κ2) is 6.25. The lowest BCUT2D eigenvalue weighted by Crippen LogP contribution is -2.39. The average Bonchev–Trinajstić information content (AvgIpc) is 2.52. The van der Waals surface area contributed by atoms with Gasteiger partial charge >= 0.3 is 0 Å². The van der Waals surface area contributed by atoms with Gasteiger partial charge in [-0.2, -0.15) is 0 Å². The fourth-order valence-corrected chi connectivity index (χ4v) is 3.69. The summed E-state index contributed by atoms with van der Waals surface area (Å²) in [5, 5.41) is 0.825. The number of likely N-dealkylation sites (tertiary alicyclic amines) is 1. The highest BCUT2D eigenvalue weighted by Crippen LogP contribution is 2.22. The van der Waals surface area contributed by atoms with Crippen LogP contribution < -0.4 is 5.43 Å². The van der Waals surface area contributed by atoms with Crippen LogP contribution in [-0.4, -0.2) is 22.5 Å². The maximum atomic E-state index is 12.9. The van der Waals surface area contributed by atoms with E-state index in [4.69, 9.17) is 0 Å². The van der Waals surface area contributed by atoms with Gasteiger partial charge in [-0.05, 0) is 51.8 Å². The molecule has 2 aromatic rings. The van der Waals surface area contributed by atoms with Crippen LogP contribution in [0.4, 0.5) is 0 Å². The van der Waals surface area contributed by atoms with Crippen LogP contribution in [0.25, 0.3) is 10.9 Å². The largest absolute Gasteiger partial charge is 0.358 e. The molecule has 3 nitrogen and oxygen atoms in total. The zero-order valence-corrected chi connectivity index (χ0v) is 13.9. The fraction of sp³-hybridized carbons (Fsp3) is 0.526. The molecule has 118 valence electrons. The number of rotatable bonds is 3. The minimum Gasteiger partial charge on any atom is -0.358 e. The molecule has 1 N–H and O–H groups in total. The molecule has 1 saturated heterocycles. The Morgan fingerprint density at radius 3 is 2.86 bits per heavy atom. The lowest BCUT2D eigenvalue weighted by molar-refractivity contribution is 0.135. The topological polar surface area (TPSA) is 36.1 Å². The van der Waals surface area contributed by atoms with Crippen molar-refractivity contribution in [2.24, 2.45) is 0 Å². The summed E-state index contributed by atoms with van der Waals surface area (Å²) in [6, 6.07) is 6.69. The lowest BCUT2D eigenvalue weighted by atomic mass is 9.98. The Hall–Kier alpha value is -1.61. The van der Waals surface area contributed by atoms with Crippen LogP contribution in [0.3, 0.4) is 0 Å². The van der Waals surface area contributed by atoms with Crippen LogP contribution in [0.1, 0.15) is 49.4 Å². The zero-order chi connectivity index (χ0) is 15.7. The number of aromatic nitrogens is 1. The summed E-state index contributed by atoms with van der Waals surface area (Å²) in [6.07, 6.45) is 5.01. The monoisotopic (exact) mass is 298 g/mol. The summed E-state index contributed by atoms with van der Waals surface area (Å²) in [6.45, 7) is 8.22. The van der Waals surface area contributed by atoms with Gasteiger partial charge in [0.25, 0.3) is 0 Å². The van der Waals surface area contributed by atoms with E-state index >= 15 is 0 Å². The van der Waals surface area contributed by atoms with Crippen LogP contribution in [0.2, 0.25) is 0 Å². The molecular formula is C19H26N2O. The average molecular weight is 298 g/mol. The Balaban J connectivity index is 2.01. The highest BCUT2D eigenvalue weighted by atomic mass is 16.1. The first-order chi connectivity index (χ1) is 10.6. The Kier molecular flexibility index (Phi) is 4.34. The molecule has 1 aliphatic rings. The van der Waals surface area contributed by atoms with Crippen LogP contribution in [-0.2, 0) is 6.54 Å². The van der Waals surface area contributed by atoms with E-state index in [2.05, 4.69) is 22.9 Å². The molecule has 0 radical (unpaired) electrons. The van der Waals surface area contributed by atoms with Gasteiger partial charge in [-0.1, -0.05) is 25.0 Å². The van der Waals surface area contributed by atoms with Crippen molar-refractivity contribution in [3.05, 3.63) is 45.2 Å². The highest BCUT2D eigenvalue weighted by molar-refractivity contribution is 5.80. The van der Waals surface area contributed by atoms with Crippen LogP contribution >= 0.6 is 0 Å². The van der Waals surface area contributed by atoms with E-state index in [-0.39, 0.29) is 5.43 Å². The number of benzene rings is 1. The predicted octanol–water partition coefficient (Wildman–Crippen LogP) is 3.91. The van der Waals surface area contributed by atoms with Crippen molar-refractivity contribution in [1.82, 2.24) is 9.88 Å². The number of piperidine rings is 1. The molecule has 0 saturated carbocycles. The van der Waals surface area contributed by atoms with Crippen molar-refractivity contribution in [2.45, 2.75) is 59.0 Å². The smallest absolute Gasteiger partial charge is 0.194 e. The van der Waals surface area contributed by atoms with Crippen LogP contribution in [0.5, 0.6) is 0 Å². The zero-order valence-electron chi connectivity index (χ0n) is 13.9. The van der Waals surface area contributed by atoms with Gasteiger partial charge in [0.1, 0.15) is 0 Å². The van der Waals surface area contributed by atoms with Crippen molar-refractivity contribution in [1.29, 1.82) is 0 Å². The van der Waals surface area contributed by atoms with Crippen molar-refractivity contribution in [2.75, 3.05) is 6.54 Å². The summed E-state index contributed by atoms with van der Waals surface area (Å²) < 4.78 is 0. The van der Waals surface area contributed by atoms with Gasteiger partial charge in [-0.25, -0.2) is 0 Å².